The number of halogens is 1. The van der Waals surface area contributed by atoms with Crippen molar-refractivity contribution in [1.82, 2.24) is 10.2 Å². The first-order chi connectivity index (χ1) is 10.2. The molecule has 2 aliphatic rings. The average Bonchev–Trinajstić information content (AvgIpc) is 2.95. The molecule has 3 atom stereocenters. The highest BCUT2D eigenvalue weighted by molar-refractivity contribution is 5.20. The fourth-order valence-corrected chi connectivity index (χ4v) is 3.38. The van der Waals surface area contributed by atoms with Gasteiger partial charge in [-0.05, 0) is 43.0 Å². The summed E-state index contributed by atoms with van der Waals surface area (Å²) in [7, 11) is 0. The molecule has 116 valence electrons. The Kier molecular flexibility index (Phi) is 4.88. The van der Waals surface area contributed by atoms with Crippen LogP contribution < -0.4 is 5.32 Å². The summed E-state index contributed by atoms with van der Waals surface area (Å²) >= 11 is 0. The quantitative estimate of drug-likeness (QED) is 0.902. The molecule has 1 N–H and O–H groups in total. The number of hydrogen-bond acceptors (Lipinski definition) is 3. The van der Waals surface area contributed by atoms with E-state index in [0.717, 1.165) is 26.2 Å². The van der Waals surface area contributed by atoms with Crippen LogP contribution in [0.5, 0.6) is 0 Å². The summed E-state index contributed by atoms with van der Waals surface area (Å²) in [5.41, 5.74) is 1.17. The molecule has 0 unspecified atom stereocenters. The van der Waals surface area contributed by atoms with Crippen molar-refractivity contribution in [1.29, 1.82) is 0 Å². The molecule has 3 nitrogen and oxygen atoms in total. The summed E-state index contributed by atoms with van der Waals surface area (Å²) in [5, 5.41) is 3.50. The fraction of sp³-hybridized carbons (Fsp3) is 0.647. The summed E-state index contributed by atoms with van der Waals surface area (Å²) in [5.74, 6) is 0.211. The maximum Gasteiger partial charge on any atom is 0.123 e. The first-order valence-electron chi connectivity index (χ1n) is 8.04. The van der Waals surface area contributed by atoms with Crippen LogP contribution in [-0.4, -0.2) is 49.8 Å². The molecule has 21 heavy (non-hydrogen) atoms. The van der Waals surface area contributed by atoms with E-state index in [1.54, 1.807) is 0 Å². The van der Waals surface area contributed by atoms with E-state index < -0.39 is 0 Å². The molecular formula is C17H25FN2O. The van der Waals surface area contributed by atoms with E-state index in [2.05, 4.69) is 17.1 Å². The third kappa shape index (κ3) is 3.82. The normalized spacial score (nSPS) is 27.5. The van der Waals surface area contributed by atoms with Crippen LogP contribution in [0.15, 0.2) is 24.3 Å². The van der Waals surface area contributed by atoms with Gasteiger partial charge in [-0.25, -0.2) is 4.39 Å². The molecule has 0 aliphatic carbocycles. The van der Waals surface area contributed by atoms with Gasteiger partial charge >= 0.3 is 0 Å². The second-order valence-electron chi connectivity index (χ2n) is 6.36. The van der Waals surface area contributed by atoms with E-state index in [-0.39, 0.29) is 5.82 Å². The SMILES string of the molecule is C[C@H](CNC[C@@H]1CN2CCC[C@H]2CO1)c1ccc(F)cc1. The monoisotopic (exact) mass is 292 g/mol. The summed E-state index contributed by atoms with van der Waals surface area (Å²) in [4.78, 5) is 2.57. The van der Waals surface area contributed by atoms with E-state index in [0.29, 0.717) is 18.1 Å². The first kappa shape index (κ1) is 14.9. The summed E-state index contributed by atoms with van der Waals surface area (Å²) < 4.78 is 18.9. The van der Waals surface area contributed by atoms with Gasteiger partial charge in [-0.2, -0.15) is 0 Å². The van der Waals surface area contributed by atoms with Gasteiger partial charge in [0.15, 0.2) is 0 Å². The zero-order valence-electron chi connectivity index (χ0n) is 12.7. The lowest BCUT2D eigenvalue weighted by Crippen LogP contribution is -2.49. The molecule has 2 saturated heterocycles. The van der Waals surface area contributed by atoms with Crippen molar-refractivity contribution in [2.24, 2.45) is 0 Å². The average molecular weight is 292 g/mol. The van der Waals surface area contributed by atoms with Crippen LogP contribution in [0.1, 0.15) is 31.2 Å². The van der Waals surface area contributed by atoms with Gasteiger partial charge in [0.25, 0.3) is 0 Å². The second-order valence-corrected chi connectivity index (χ2v) is 6.36. The Bertz CT molecular complexity index is 451. The molecule has 2 heterocycles. The van der Waals surface area contributed by atoms with Crippen LogP contribution in [0.3, 0.4) is 0 Å². The number of nitrogens with zero attached hydrogens (tertiary/aromatic N) is 1. The Labute approximate surface area is 126 Å². The zero-order valence-corrected chi connectivity index (χ0v) is 12.7. The molecule has 0 aromatic heterocycles. The van der Waals surface area contributed by atoms with Crippen molar-refractivity contribution in [3.05, 3.63) is 35.6 Å². The predicted octanol–water partition coefficient (Wildman–Crippen LogP) is 2.38. The molecule has 0 saturated carbocycles. The third-order valence-corrected chi connectivity index (χ3v) is 4.72. The number of benzene rings is 1. The lowest BCUT2D eigenvalue weighted by atomic mass is 10.0. The Morgan fingerprint density at radius 2 is 2.19 bits per heavy atom. The van der Waals surface area contributed by atoms with Crippen molar-refractivity contribution >= 4 is 0 Å². The molecule has 3 rings (SSSR count). The Morgan fingerprint density at radius 3 is 3.00 bits per heavy atom. The number of hydrogen-bond donors (Lipinski definition) is 1. The van der Waals surface area contributed by atoms with Gasteiger partial charge in [0.05, 0.1) is 12.7 Å². The van der Waals surface area contributed by atoms with Crippen LogP contribution >= 0.6 is 0 Å². The zero-order chi connectivity index (χ0) is 14.7. The first-order valence-corrected chi connectivity index (χ1v) is 8.04. The number of fused-ring (bicyclic) bond motifs is 1. The Hall–Kier alpha value is -0.970. The van der Waals surface area contributed by atoms with E-state index in [4.69, 9.17) is 4.74 Å². The van der Waals surface area contributed by atoms with Gasteiger partial charge in [0.1, 0.15) is 5.82 Å². The summed E-state index contributed by atoms with van der Waals surface area (Å²) in [6.45, 7) is 7.14. The van der Waals surface area contributed by atoms with Crippen LogP contribution in [0.25, 0.3) is 0 Å². The molecule has 0 radical (unpaired) electrons. The minimum Gasteiger partial charge on any atom is -0.374 e. The van der Waals surface area contributed by atoms with E-state index in [1.807, 2.05) is 12.1 Å². The van der Waals surface area contributed by atoms with Crippen molar-refractivity contribution < 1.29 is 9.13 Å². The fourth-order valence-electron chi connectivity index (χ4n) is 3.38. The van der Waals surface area contributed by atoms with E-state index in [1.165, 1.54) is 37.1 Å². The van der Waals surface area contributed by atoms with Gasteiger partial charge in [0, 0.05) is 25.7 Å². The lowest BCUT2D eigenvalue weighted by Gasteiger charge is -2.35. The van der Waals surface area contributed by atoms with Crippen LogP contribution in [0.4, 0.5) is 4.39 Å². The molecule has 4 heteroatoms. The largest absolute Gasteiger partial charge is 0.374 e. The van der Waals surface area contributed by atoms with Gasteiger partial charge in [-0.15, -0.1) is 0 Å². The molecule has 0 amide bonds. The minimum atomic E-state index is -0.172. The second kappa shape index (κ2) is 6.86. The molecule has 2 aliphatic heterocycles. The molecule has 0 spiro atoms. The summed E-state index contributed by atoms with van der Waals surface area (Å²) in [6, 6.07) is 7.47. The van der Waals surface area contributed by atoms with Gasteiger partial charge < -0.3 is 10.1 Å². The summed E-state index contributed by atoms with van der Waals surface area (Å²) in [6.07, 6.45) is 2.91. The standard InChI is InChI=1S/C17H25FN2O/c1-13(14-4-6-15(18)7-5-14)9-19-10-17-11-20-8-2-3-16(20)12-21-17/h4-7,13,16-17,19H,2-3,8-12H2,1H3/t13-,16+,17-/m1/s1. The van der Waals surface area contributed by atoms with E-state index in [9.17, 15) is 4.39 Å². The van der Waals surface area contributed by atoms with Crippen molar-refractivity contribution in [3.63, 3.8) is 0 Å². The maximum atomic E-state index is 12.9. The molecule has 0 bridgehead atoms. The highest BCUT2D eigenvalue weighted by atomic mass is 19.1. The van der Waals surface area contributed by atoms with Crippen molar-refractivity contribution in [2.75, 3.05) is 32.8 Å². The van der Waals surface area contributed by atoms with Crippen LogP contribution in [0, 0.1) is 5.82 Å². The maximum absolute atomic E-state index is 12.9. The van der Waals surface area contributed by atoms with Crippen molar-refractivity contribution in [3.8, 4) is 0 Å². The Morgan fingerprint density at radius 1 is 1.38 bits per heavy atom. The van der Waals surface area contributed by atoms with Gasteiger partial charge in [-0.1, -0.05) is 19.1 Å². The van der Waals surface area contributed by atoms with Gasteiger partial charge in [-0.3, -0.25) is 4.90 Å². The highest BCUT2D eigenvalue weighted by Crippen LogP contribution is 2.22. The molecule has 2 fully saturated rings. The van der Waals surface area contributed by atoms with Crippen molar-refractivity contribution in [2.45, 2.75) is 37.8 Å². The van der Waals surface area contributed by atoms with E-state index >= 15 is 0 Å². The predicted molar refractivity (Wildman–Crippen MR) is 82.0 cm³/mol. The lowest BCUT2D eigenvalue weighted by molar-refractivity contribution is -0.0469. The number of ether oxygens (including phenoxy) is 1. The van der Waals surface area contributed by atoms with Gasteiger partial charge in [0.2, 0.25) is 0 Å². The number of rotatable bonds is 5. The highest BCUT2D eigenvalue weighted by Gasteiger charge is 2.31. The smallest absolute Gasteiger partial charge is 0.123 e. The van der Waals surface area contributed by atoms with Crippen LogP contribution in [-0.2, 0) is 4.74 Å². The molecule has 1 aromatic rings. The topological polar surface area (TPSA) is 24.5 Å². The molecule has 1 aromatic carbocycles. The minimum absolute atomic E-state index is 0.172. The number of nitrogens with one attached hydrogen (secondary N) is 1. The Balaban J connectivity index is 1.40. The number of morpholine rings is 1. The third-order valence-electron chi connectivity index (χ3n) is 4.72. The molecular weight excluding hydrogens is 267 g/mol. The van der Waals surface area contributed by atoms with Crippen LogP contribution in [0.2, 0.25) is 0 Å².